The molecule has 0 N–H and O–H groups in total. The molecule has 0 fully saturated rings. The summed E-state index contributed by atoms with van der Waals surface area (Å²) in [4.78, 5) is 33.9. The number of fused-ring (bicyclic) bond motifs is 1. The lowest BCUT2D eigenvalue weighted by molar-refractivity contribution is -0.139. The Labute approximate surface area is 166 Å². The van der Waals surface area contributed by atoms with E-state index in [4.69, 9.17) is 9.47 Å². The molecule has 1 aromatic heterocycles. The topological polar surface area (TPSA) is 93.5 Å². The number of benzene rings is 1. The van der Waals surface area contributed by atoms with E-state index in [1.807, 2.05) is 24.3 Å². The van der Waals surface area contributed by atoms with Gasteiger partial charge < -0.3 is 9.47 Å². The van der Waals surface area contributed by atoms with Crippen LogP contribution < -0.4 is 5.01 Å². The van der Waals surface area contributed by atoms with Gasteiger partial charge in [0, 0.05) is 26.0 Å². The molecule has 1 aromatic carbocycles. The maximum absolute atomic E-state index is 13.1. The zero-order chi connectivity index (χ0) is 20.1. The number of hydrogen-bond donors (Lipinski definition) is 0. The number of hydrazone groups is 1. The summed E-state index contributed by atoms with van der Waals surface area (Å²) >= 11 is 1.38. The summed E-state index contributed by atoms with van der Waals surface area (Å²) in [5, 5.41) is 6.17. The van der Waals surface area contributed by atoms with Gasteiger partial charge in [-0.1, -0.05) is 23.5 Å². The predicted octanol–water partition coefficient (Wildman–Crippen LogP) is 2.68. The van der Waals surface area contributed by atoms with Crippen LogP contribution in [0.5, 0.6) is 0 Å². The van der Waals surface area contributed by atoms with Gasteiger partial charge in [0.1, 0.15) is 5.92 Å². The third-order valence-electron chi connectivity index (χ3n) is 4.32. The lowest BCUT2D eigenvalue weighted by Gasteiger charge is -2.12. The van der Waals surface area contributed by atoms with Crippen LogP contribution in [0.15, 0.2) is 34.4 Å². The monoisotopic (exact) mass is 402 g/mol. The third-order valence-corrected chi connectivity index (χ3v) is 5.33. The van der Waals surface area contributed by atoms with Crippen LogP contribution in [0.1, 0.15) is 19.8 Å². The Balaban J connectivity index is 1.89. The number of rotatable bonds is 8. The number of aromatic nitrogens is 1. The first kappa shape index (κ1) is 20.1. The number of carbonyl (C=O) groups excluding carboxylic acids is 2. The maximum Gasteiger partial charge on any atom is 0.311 e. The van der Waals surface area contributed by atoms with Crippen LogP contribution in [0.2, 0.25) is 0 Å². The van der Waals surface area contributed by atoms with E-state index in [1.165, 1.54) is 23.5 Å². The molecule has 0 spiro atoms. The summed E-state index contributed by atoms with van der Waals surface area (Å²) in [5.41, 5.74) is 1.84. The minimum absolute atomic E-state index is 0.0702. The van der Waals surface area contributed by atoms with Crippen molar-refractivity contribution in [1.29, 1.82) is 0 Å². The molecule has 0 aliphatic carbocycles. The van der Waals surface area contributed by atoms with Crippen molar-refractivity contribution >= 4 is 50.0 Å². The first-order valence-electron chi connectivity index (χ1n) is 8.88. The summed E-state index contributed by atoms with van der Waals surface area (Å²) in [7, 11) is 2.94. The maximum atomic E-state index is 13.1. The van der Waals surface area contributed by atoms with Crippen molar-refractivity contribution in [2.24, 2.45) is 16.0 Å². The lowest BCUT2D eigenvalue weighted by Crippen LogP contribution is -2.33. The molecule has 148 valence electrons. The summed E-state index contributed by atoms with van der Waals surface area (Å²) in [5.74, 6) is -1.39. The molecular weight excluding hydrogens is 380 g/mol. The second kappa shape index (κ2) is 9.03. The van der Waals surface area contributed by atoms with Crippen molar-refractivity contribution in [3.05, 3.63) is 24.3 Å². The first-order chi connectivity index (χ1) is 13.5. The van der Waals surface area contributed by atoms with E-state index in [0.29, 0.717) is 29.7 Å². The Kier molecular flexibility index (Phi) is 6.48. The molecule has 1 aliphatic rings. The fourth-order valence-electron chi connectivity index (χ4n) is 2.92. The highest BCUT2D eigenvalue weighted by Gasteiger charge is 2.40. The Hall–Kier alpha value is -2.65. The van der Waals surface area contributed by atoms with Gasteiger partial charge in [-0.2, -0.15) is 10.1 Å². The molecule has 8 nitrogen and oxygen atoms in total. The largest absolute Gasteiger partial charge is 0.469 e. The highest BCUT2D eigenvalue weighted by Crippen LogP contribution is 2.33. The molecule has 1 amide bonds. The van der Waals surface area contributed by atoms with Gasteiger partial charge in [0.25, 0.3) is 5.91 Å². The number of aliphatic imine (C=N–C) groups is 1. The first-order valence-corrected chi connectivity index (χ1v) is 9.70. The number of para-hydroxylation sites is 1. The summed E-state index contributed by atoms with van der Waals surface area (Å²) in [6.07, 6.45) is 0.680. The number of thiazole rings is 1. The molecule has 0 radical (unpaired) electrons. The van der Waals surface area contributed by atoms with Crippen molar-refractivity contribution in [2.75, 3.05) is 32.4 Å². The van der Waals surface area contributed by atoms with E-state index >= 15 is 0 Å². The summed E-state index contributed by atoms with van der Waals surface area (Å²) in [6, 6.07) is 7.63. The number of hydrogen-bond acceptors (Lipinski definition) is 8. The van der Waals surface area contributed by atoms with Gasteiger partial charge in [-0.25, -0.2) is 4.98 Å². The average Bonchev–Trinajstić information content (AvgIpc) is 3.25. The van der Waals surface area contributed by atoms with Crippen molar-refractivity contribution in [3.63, 3.8) is 0 Å². The van der Waals surface area contributed by atoms with E-state index in [2.05, 4.69) is 15.1 Å². The minimum Gasteiger partial charge on any atom is -0.469 e. The lowest BCUT2D eigenvalue weighted by atomic mass is 9.96. The quantitative estimate of drug-likeness (QED) is 0.384. The van der Waals surface area contributed by atoms with Crippen LogP contribution in [-0.2, 0) is 19.1 Å². The van der Waals surface area contributed by atoms with E-state index < -0.39 is 11.9 Å². The minimum atomic E-state index is -0.686. The van der Waals surface area contributed by atoms with Gasteiger partial charge >= 0.3 is 5.97 Å². The van der Waals surface area contributed by atoms with Gasteiger partial charge in [0.2, 0.25) is 5.13 Å². The van der Waals surface area contributed by atoms with E-state index in [1.54, 1.807) is 14.0 Å². The SMILES string of the molecule is COCCCN=C(C)C1C(=O)N(c2nc3ccccc3s2)N=C1CC(=O)OC. The van der Waals surface area contributed by atoms with E-state index in [0.717, 1.165) is 16.6 Å². The van der Waals surface area contributed by atoms with Gasteiger partial charge in [-0.05, 0) is 25.5 Å². The van der Waals surface area contributed by atoms with Crippen LogP contribution in [0.25, 0.3) is 10.2 Å². The third kappa shape index (κ3) is 4.26. The molecule has 1 atom stereocenters. The zero-order valence-corrected chi connectivity index (χ0v) is 16.9. The van der Waals surface area contributed by atoms with Gasteiger partial charge in [0.15, 0.2) is 0 Å². The number of ether oxygens (including phenoxy) is 2. The number of methoxy groups -OCH3 is 2. The van der Waals surface area contributed by atoms with Crippen LogP contribution >= 0.6 is 11.3 Å². The van der Waals surface area contributed by atoms with Crippen molar-refractivity contribution in [1.82, 2.24) is 4.98 Å². The smallest absolute Gasteiger partial charge is 0.311 e. The number of nitrogens with zero attached hydrogens (tertiary/aromatic N) is 4. The Morgan fingerprint density at radius 3 is 2.82 bits per heavy atom. The average molecular weight is 402 g/mol. The number of anilines is 1. The van der Waals surface area contributed by atoms with Crippen molar-refractivity contribution in [3.8, 4) is 0 Å². The van der Waals surface area contributed by atoms with Crippen LogP contribution in [0.3, 0.4) is 0 Å². The Morgan fingerprint density at radius 1 is 1.32 bits per heavy atom. The molecule has 1 aliphatic heterocycles. The number of carbonyl (C=O) groups is 2. The summed E-state index contributed by atoms with van der Waals surface area (Å²) < 4.78 is 10.7. The molecule has 2 heterocycles. The zero-order valence-electron chi connectivity index (χ0n) is 16.0. The molecular formula is C19H22N4O4S. The van der Waals surface area contributed by atoms with Crippen LogP contribution in [0.4, 0.5) is 5.13 Å². The van der Waals surface area contributed by atoms with E-state index in [-0.39, 0.29) is 12.3 Å². The molecule has 0 saturated carbocycles. The van der Waals surface area contributed by atoms with Crippen LogP contribution in [0, 0.1) is 5.92 Å². The second-order valence-electron chi connectivity index (χ2n) is 6.26. The molecule has 1 unspecified atom stereocenters. The summed E-state index contributed by atoms with van der Waals surface area (Å²) in [6.45, 7) is 2.91. The van der Waals surface area contributed by atoms with Crippen molar-refractivity contribution in [2.45, 2.75) is 19.8 Å². The Bertz CT molecular complexity index is 904. The highest BCUT2D eigenvalue weighted by molar-refractivity contribution is 7.22. The Morgan fingerprint density at radius 2 is 2.11 bits per heavy atom. The standard InChI is InChI=1S/C19H22N4O4S/c1-12(20-9-6-10-26-2)17-14(11-16(24)27-3)22-23(18(17)25)19-21-13-7-4-5-8-15(13)28-19/h4-5,7-8,17H,6,9-11H2,1-3H3. The van der Waals surface area contributed by atoms with Crippen molar-refractivity contribution < 1.29 is 19.1 Å². The van der Waals surface area contributed by atoms with Crippen LogP contribution in [-0.4, -0.2) is 55.7 Å². The van der Waals surface area contributed by atoms with Gasteiger partial charge in [-0.3, -0.25) is 14.6 Å². The number of esters is 1. The molecule has 2 aromatic rings. The molecule has 28 heavy (non-hydrogen) atoms. The molecule has 0 bridgehead atoms. The molecule has 9 heteroatoms. The van der Waals surface area contributed by atoms with E-state index in [9.17, 15) is 9.59 Å². The highest BCUT2D eigenvalue weighted by atomic mass is 32.1. The molecule has 3 rings (SSSR count). The van der Waals surface area contributed by atoms with Gasteiger partial charge in [-0.15, -0.1) is 0 Å². The number of amides is 1. The fraction of sp³-hybridized carbons (Fsp3) is 0.421. The van der Waals surface area contributed by atoms with Gasteiger partial charge in [0.05, 0.1) is 29.5 Å². The predicted molar refractivity (Wildman–Crippen MR) is 109 cm³/mol. The fourth-order valence-corrected chi connectivity index (χ4v) is 3.84. The molecule has 0 saturated heterocycles. The second-order valence-corrected chi connectivity index (χ2v) is 7.27. The normalized spacial score (nSPS) is 17.3.